The Labute approximate surface area is 164 Å². The van der Waals surface area contributed by atoms with E-state index in [0.717, 1.165) is 22.7 Å². The van der Waals surface area contributed by atoms with E-state index in [1.807, 2.05) is 13.0 Å². The summed E-state index contributed by atoms with van der Waals surface area (Å²) in [6, 6.07) is 5.04. The Kier molecular flexibility index (Phi) is 6.66. The molecule has 1 aromatic heterocycles. The molecule has 0 aliphatic heterocycles. The minimum absolute atomic E-state index is 0.0928. The molecule has 1 saturated carbocycles. The number of halogens is 1. The minimum atomic E-state index is -0.320. The lowest BCUT2D eigenvalue weighted by molar-refractivity contribution is 0.285. The molecule has 1 aliphatic carbocycles. The predicted octanol–water partition coefficient (Wildman–Crippen LogP) is 4.06. The van der Waals surface area contributed by atoms with Crippen LogP contribution in [-0.2, 0) is 13.0 Å². The quantitative estimate of drug-likeness (QED) is 0.527. The summed E-state index contributed by atoms with van der Waals surface area (Å²) in [4.78, 5) is 8.78. The number of thiazole rings is 1. The van der Waals surface area contributed by atoms with Crippen molar-refractivity contribution in [3.05, 3.63) is 45.7 Å². The predicted molar refractivity (Wildman–Crippen MR) is 108 cm³/mol. The largest absolute Gasteiger partial charge is 0.490 e. The number of hydrogen-bond donors (Lipinski definition) is 2. The van der Waals surface area contributed by atoms with Crippen molar-refractivity contribution in [1.82, 2.24) is 15.6 Å². The van der Waals surface area contributed by atoms with Gasteiger partial charge in [-0.15, -0.1) is 11.3 Å². The van der Waals surface area contributed by atoms with E-state index in [0.29, 0.717) is 30.8 Å². The lowest BCUT2D eigenvalue weighted by Gasteiger charge is -2.18. The Balaban J connectivity index is 1.53. The third-order valence-corrected chi connectivity index (χ3v) is 5.58. The van der Waals surface area contributed by atoms with Crippen molar-refractivity contribution in [2.75, 3.05) is 13.7 Å². The van der Waals surface area contributed by atoms with E-state index in [9.17, 15) is 4.39 Å². The zero-order valence-electron chi connectivity index (χ0n) is 16.1. The molecule has 3 rings (SSSR count). The number of aliphatic imine (C=N–C) groups is 1. The van der Waals surface area contributed by atoms with Crippen LogP contribution in [0.4, 0.5) is 4.39 Å². The molecule has 0 spiro atoms. The summed E-state index contributed by atoms with van der Waals surface area (Å²) < 4.78 is 19.9. The highest BCUT2D eigenvalue weighted by Crippen LogP contribution is 2.30. The summed E-state index contributed by atoms with van der Waals surface area (Å²) in [6.07, 6.45) is 3.32. The smallest absolute Gasteiger partial charge is 0.191 e. The van der Waals surface area contributed by atoms with Crippen LogP contribution in [0.3, 0.4) is 0 Å². The van der Waals surface area contributed by atoms with E-state index in [-0.39, 0.29) is 11.9 Å². The van der Waals surface area contributed by atoms with Gasteiger partial charge in [-0.25, -0.2) is 9.37 Å². The molecule has 146 valence electrons. The molecular weight excluding hydrogens is 363 g/mol. The van der Waals surface area contributed by atoms with Gasteiger partial charge < -0.3 is 15.4 Å². The molecule has 7 heteroatoms. The van der Waals surface area contributed by atoms with E-state index in [4.69, 9.17) is 4.74 Å². The first-order valence-corrected chi connectivity index (χ1v) is 10.3. The van der Waals surface area contributed by atoms with Gasteiger partial charge >= 0.3 is 0 Å². The average Bonchev–Trinajstić information content (AvgIpc) is 3.39. The molecule has 0 saturated heterocycles. The molecular formula is C20H27FN4OS. The summed E-state index contributed by atoms with van der Waals surface area (Å²) in [5.74, 6) is 1.27. The Morgan fingerprint density at radius 3 is 2.89 bits per heavy atom. The molecule has 0 bridgehead atoms. The molecule has 1 heterocycles. The van der Waals surface area contributed by atoms with Gasteiger partial charge in [-0.2, -0.15) is 0 Å². The van der Waals surface area contributed by atoms with Crippen LogP contribution in [0.5, 0.6) is 5.75 Å². The van der Waals surface area contributed by atoms with E-state index in [1.165, 1.54) is 18.9 Å². The molecule has 2 N–H and O–H groups in total. The first-order valence-electron chi connectivity index (χ1n) is 9.41. The van der Waals surface area contributed by atoms with Gasteiger partial charge in [0.2, 0.25) is 0 Å². The number of aryl methyl sites for hydroxylation is 1. The number of ether oxygens (including phenoxy) is 1. The fourth-order valence-corrected chi connectivity index (χ4v) is 3.39. The van der Waals surface area contributed by atoms with E-state index >= 15 is 0 Å². The summed E-state index contributed by atoms with van der Waals surface area (Å²) in [7, 11) is 1.72. The van der Waals surface area contributed by atoms with Crippen molar-refractivity contribution in [3.63, 3.8) is 0 Å². The number of aromatic nitrogens is 1. The van der Waals surface area contributed by atoms with E-state index in [2.05, 4.69) is 32.9 Å². The second-order valence-electron chi connectivity index (χ2n) is 6.82. The molecule has 1 fully saturated rings. The third kappa shape index (κ3) is 5.66. The lowest BCUT2D eigenvalue weighted by Crippen LogP contribution is -2.38. The molecule has 27 heavy (non-hydrogen) atoms. The van der Waals surface area contributed by atoms with Gasteiger partial charge in [0.25, 0.3) is 0 Å². The third-order valence-electron chi connectivity index (χ3n) is 4.54. The van der Waals surface area contributed by atoms with Gasteiger partial charge in [-0.05, 0) is 49.8 Å². The van der Waals surface area contributed by atoms with Crippen LogP contribution < -0.4 is 15.4 Å². The number of hydrogen-bond acceptors (Lipinski definition) is 4. The summed E-state index contributed by atoms with van der Waals surface area (Å²) in [5, 5.41) is 9.72. The standard InChI is InChI=1S/C20H27FN4OS/c1-4-19-25-16(12-27-19)10-23-20(22-3)24-13(2)15-7-8-18(17(21)9-15)26-11-14-5-6-14/h7-9,12-14H,4-6,10-11H2,1-3H3,(H2,22,23,24). The molecule has 0 radical (unpaired) electrons. The molecule has 1 aromatic carbocycles. The number of nitrogens with one attached hydrogen (secondary N) is 2. The molecule has 1 aliphatic rings. The van der Waals surface area contributed by atoms with Crippen LogP contribution in [0.25, 0.3) is 0 Å². The molecule has 1 atom stereocenters. The van der Waals surface area contributed by atoms with Crippen LogP contribution in [0.15, 0.2) is 28.6 Å². The van der Waals surface area contributed by atoms with Crippen LogP contribution in [0, 0.1) is 11.7 Å². The lowest BCUT2D eigenvalue weighted by atomic mass is 10.1. The number of benzene rings is 1. The van der Waals surface area contributed by atoms with Crippen molar-refractivity contribution in [2.24, 2.45) is 10.9 Å². The Morgan fingerprint density at radius 1 is 1.44 bits per heavy atom. The number of guanidine groups is 1. The van der Waals surface area contributed by atoms with Gasteiger partial charge in [0.1, 0.15) is 0 Å². The maximum atomic E-state index is 14.3. The average molecular weight is 391 g/mol. The maximum absolute atomic E-state index is 14.3. The Morgan fingerprint density at radius 2 is 2.26 bits per heavy atom. The van der Waals surface area contributed by atoms with Crippen LogP contribution in [-0.4, -0.2) is 24.6 Å². The summed E-state index contributed by atoms with van der Waals surface area (Å²) in [5.41, 5.74) is 1.84. The molecule has 0 amide bonds. The summed E-state index contributed by atoms with van der Waals surface area (Å²) in [6.45, 7) is 5.28. The van der Waals surface area contributed by atoms with Crippen molar-refractivity contribution in [3.8, 4) is 5.75 Å². The maximum Gasteiger partial charge on any atom is 0.191 e. The van der Waals surface area contributed by atoms with Gasteiger partial charge in [-0.1, -0.05) is 13.0 Å². The highest BCUT2D eigenvalue weighted by Gasteiger charge is 2.22. The van der Waals surface area contributed by atoms with Gasteiger partial charge in [0.05, 0.1) is 29.9 Å². The summed E-state index contributed by atoms with van der Waals surface area (Å²) >= 11 is 1.67. The van der Waals surface area contributed by atoms with E-state index in [1.54, 1.807) is 24.5 Å². The van der Waals surface area contributed by atoms with Crippen molar-refractivity contribution < 1.29 is 9.13 Å². The monoisotopic (exact) mass is 390 g/mol. The highest BCUT2D eigenvalue weighted by molar-refractivity contribution is 7.09. The molecule has 1 unspecified atom stereocenters. The SMILES string of the molecule is CCc1nc(CNC(=NC)NC(C)c2ccc(OCC3CC3)c(F)c2)cs1. The van der Waals surface area contributed by atoms with Crippen molar-refractivity contribution >= 4 is 17.3 Å². The van der Waals surface area contributed by atoms with Crippen molar-refractivity contribution in [1.29, 1.82) is 0 Å². The number of rotatable bonds is 8. The Bertz CT molecular complexity index is 788. The molecule has 5 nitrogen and oxygen atoms in total. The van der Waals surface area contributed by atoms with Crippen molar-refractivity contribution in [2.45, 2.75) is 45.7 Å². The number of nitrogens with zero attached hydrogens (tertiary/aromatic N) is 2. The second-order valence-corrected chi connectivity index (χ2v) is 7.76. The first-order chi connectivity index (χ1) is 13.1. The van der Waals surface area contributed by atoms with E-state index < -0.39 is 0 Å². The fraction of sp³-hybridized carbons (Fsp3) is 0.500. The van der Waals surface area contributed by atoms with Gasteiger partial charge in [-0.3, -0.25) is 4.99 Å². The molecule has 2 aromatic rings. The zero-order valence-corrected chi connectivity index (χ0v) is 16.9. The van der Waals surface area contributed by atoms with Crippen LogP contribution >= 0.6 is 11.3 Å². The fourth-order valence-electron chi connectivity index (χ4n) is 2.65. The minimum Gasteiger partial charge on any atom is -0.490 e. The first kappa shape index (κ1) is 19.6. The van der Waals surface area contributed by atoms with Crippen LogP contribution in [0.1, 0.15) is 49.0 Å². The van der Waals surface area contributed by atoms with Gasteiger partial charge in [0.15, 0.2) is 17.5 Å². The van der Waals surface area contributed by atoms with Gasteiger partial charge in [0, 0.05) is 12.4 Å². The Hall–Kier alpha value is -2.15. The highest BCUT2D eigenvalue weighted by atomic mass is 32.1. The topological polar surface area (TPSA) is 58.5 Å². The normalized spacial score (nSPS) is 15.5. The van der Waals surface area contributed by atoms with Crippen LogP contribution in [0.2, 0.25) is 0 Å². The second kappa shape index (κ2) is 9.17. The zero-order chi connectivity index (χ0) is 19.2.